The second-order valence-corrected chi connectivity index (χ2v) is 9.58. The SMILES string of the molecule is NC(=O)C1CNCCCCCCNCCNCCNCCNCCNCCNCCNCCN1.O=C(O)C(F)(F)F. The van der Waals surface area contributed by atoms with Crippen LogP contribution in [0.5, 0.6) is 0 Å². The molecule has 12 N–H and O–H groups in total. The number of rotatable bonds is 1. The summed E-state index contributed by atoms with van der Waals surface area (Å²) in [5.74, 6) is -3.05. The molecule has 13 nitrogen and oxygen atoms in total. The molecule has 1 unspecified atom stereocenters. The van der Waals surface area contributed by atoms with Crippen LogP contribution in [0.4, 0.5) is 13.2 Å². The molecule has 0 aliphatic carbocycles. The van der Waals surface area contributed by atoms with Gasteiger partial charge in [-0.05, 0) is 25.9 Å². The quantitative estimate of drug-likeness (QED) is 0.150. The summed E-state index contributed by atoms with van der Waals surface area (Å²) in [6.45, 7) is 15.9. The second-order valence-electron chi connectivity index (χ2n) is 9.58. The molecule has 0 bridgehead atoms. The minimum Gasteiger partial charge on any atom is -0.475 e. The highest BCUT2D eigenvalue weighted by Gasteiger charge is 2.38. The first-order valence-electron chi connectivity index (χ1n) is 14.7. The van der Waals surface area contributed by atoms with Gasteiger partial charge in [0.2, 0.25) is 5.91 Å². The molecular formula is C25H55F3N10O3. The van der Waals surface area contributed by atoms with E-state index in [0.717, 1.165) is 111 Å². The zero-order valence-electron chi connectivity index (χ0n) is 24.4. The van der Waals surface area contributed by atoms with Crippen molar-refractivity contribution in [3.63, 3.8) is 0 Å². The van der Waals surface area contributed by atoms with E-state index in [4.69, 9.17) is 15.6 Å². The van der Waals surface area contributed by atoms with Crippen molar-refractivity contribution in [2.75, 3.05) is 111 Å². The number of halogens is 3. The normalized spacial score (nSPS) is 22.7. The standard InChI is InChI=1S/C23H54N10O.C2HF3O2/c24-23(34)22-21-32-6-4-2-1-3-5-25-7-8-26-9-10-27-11-12-28-13-14-29-15-16-30-17-18-31-19-20-33-22;3-2(4,5)1(6)7/h22,25-33H,1-21H2,(H2,24,34);(H,6,7). The summed E-state index contributed by atoms with van der Waals surface area (Å²) in [6, 6.07) is -0.321. The minimum absolute atomic E-state index is 0.296. The van der Waals surface area contributed by atoms with E-state index in [1.165, 1.54) is 19.3 Å². The molecule has 1 aliphatic heterocycles. The van der Waals surface area contributed by atoms with Crippen LogP contribution in [0.25, 0.3) is 0 Å². The Kier molecular flexibility index (Phi) is 27.4. The Bertz CT molecular complexity index is 590. The van der Waals surface area contributed by atoms with E-state index in [1.54, 1.807) is 0 Å². The number of carboxylic acid groups (broad SMARTS) is 1. The molecule has 0 radical (unpaired) electrons. The highest BCUT2D eigenvalue weighted by molar-refractivity contribution is 5.80. The molecule has 1 fully saturated rings. The molecule has 1 aliphatic rings. The predicted molar refractivity (Wildman–Crippen MR) is 156 cm³/mol. The molecule has 1 atom stereocenters. The molecule has 0 aromatic rings. The van der Waals surface area contributed by atoms with Crippen LogP contribution in [0.2, 0.25) is 0 Å². The van der Waals surface area contributed by atoms with E-state index in [9.17, 15) is 18.0 Å². The Morgan fingerprint density at radius 1 is 0.537 bits per heavy atom. The summed E-state index contributed by atoms with van der Waals surface area (Å²) in [4.78, 5) is 20.6. The van der Waals surface area contributed by atoms with Crippen molar-refractivity contribution in [3.05, 3.63) is 0 Å². The second kappa shape index (κ2) is 28.5. The number of amides is 1. The van der Waals surface area contributed by atoms with Gasteiger partial charge in [0.15, 0.2) is 0 Å². The maximum atomic E-state index is 11.7. The summed E-state index contributed by atoms with van der Waals surface area (Å²) in [6.07, 6.45) is -0.317. The fraction of sp³-hybridized carbons (Fsp3) is 0.920. The van der Waals surface area contributed by atoms with E-state index in [1.807, 2.05) is 0 Å². The zero-order valence-corrected chi connectivity index (χ0v) is 24.4. The molecule has 16 heteroatoms. The van der Waals surface area contributed by atoms with Gasteiger partial charge in [-0.3, -0.25) is 4.79 Å². The third kappa shape index (κ3) is 29.7. The number of alkyl halides is 3. The van der Waals surface area contributed by atoms with Gasteiger partial charge < -0.3 is 58.7 Å². The van der Waals surface area contributed by atoms with Crippen LogP contribution in [0.1, 0.15) is 25.7 Å². The van der Waals surface area contributed by atoms with Crippen LogP contribution in [-0.4, -0.2) is 140 Å². The topological polar surface area (TPSA) is 189 Å². The van der Waals surface area contributed by atoms with Gasteiger partial charge >= 0.3 is 12.1 Å². The first-order valence-corrected chi connectivity index (χ1v) is 14.7. The lowest BCUT2D eigenvalue weighted by Crippen LogP contribution is -2.49. The molecule has 0 aromatic carbocycles. The summed E-state index contributed by atoms with van der Waals surface area (Å²) in [5.41, 5.74) is 5.54. The molecular weight excluding hydrogens is 545 g/mol. The van der Waals surface area contributed by atoms with Crippen LogP contribution in [-0.2, 0) is 9.59 Å². The van der Waals surface area contributed by atoms with Crippen molar-refractivity contribution in [1.29, 1.82) is 0 Å². The predicted octanol–water partition coefficient (Wildman–Crippen LogP) is -2.65. The summed E-state index contributed by atoms with van der Waals surface area (Å²) in [5, 5.41) is 37.9. The van der Waals surface area contributed by atoms with E-state index >= 15 is 0 Å². The van der Waals surface area contributed by atoms with Gasteiger partial charge in [0.25, 0.3) is 0 Å². The molecule has 0 aromatic heterocycles. The largest absolute Gasteiger partial charge is 0.490 e. The van der Waals surface area contributed by atoms with Crippen LogP contribution in [0.15, 0.2) is 0 Å². The van der Waals surface area contributed by atoms with Crippen molar-refractivity contribution < 1.29 is 27.9 Å². The lowest BCUT2D eigenvalue weighted by Gasteiger charge is -2.16. The van der Waals surface area contributed by atoms with Gasteiger partial charge in [-0.25, -0.2) is 4.79 Å². The highest BCUT2D eigenvalue weighted by Crippen LogP contribution is 2.13. The Hall–Kier alpha value is -1.63. The van der Waals surface area contributed by atoms with Crippen LogP contribution in [0, 0.1) is 0 Å². The number of hydrogen-bond acceptors (Lipinski definition) is 11. The van der Waals surface area contributed by atoms with Crippen molar-refractivity contribution in [3.8, 4) is 0 Å². The van der Waals surface area contributed by atoms with Gasteiger partial charge in [0.1, 0.15) is 0 Å². The molecule has 1 saturated heterocycles. The van der Waals surface area contributed by atoms with Crippen molar-refractivity contribution in [2.45, 2.75) is 37.9 Å². The summed E-state index contributed by atoms with van der Waals surface area (Å²) < 4.78 is 31.7. The Labute approximate surface area is 242 Å². The van der Waals surface area contributed by atoms with Gasteiger partial charge in [0, 0.05) is 98.2 Å². The number of nitrogens with one attached hydrogen (secondary N) is 9. The number of carboxylic acids is 1. The third-order valence-electron chi connectivity index (χ3n) is 5.96. The number of hydrogen-bond donors (Lipinski definition) is 11. The van der Waals surface area contributed by atoms with Crippen LogP contribution in [0.3, 0.4) is 0 Å². The number of aliphatic carboxylic acids is 1. The number of nitrogens with two attached hydrogens (primary N) is 1. The maximum absolute atomic E-state index is 11.7. The van der Waals surface area contributed by atoms with Crippen molar-refractivity contribution in [2.24, 2.45) is 5.73 Å². The van der Waals surface area contributed by atoms with Crippen LogP contribution < -0.4 is 53.6 Å². The number of carbonyl (C=O) groups is 2. The molecule has 0 saturated carbocycles. The van der Waals surface area contributed by atoms with E-state index in [-0.39, 0.29) is 11.9 Å². The molecule has 0 spiro atoms. The van der Waals surface area contributed by atoms with E-state index in [0.29, 0.717) is 6.54 Å². The Balaban J connectivity index is 0.00000201. The average molecular weight is 601 g/mol. The molecule has 41 heavy (non-hydrogen) atoms. The molecule has 1 heterocycles. The summed E-state index contributed by atoms with van der Waals surface area (Å²) in [7, 11) is 0. The lowest BCUT2D eigenvalue weighted by molar-refractivity contribution is -0.192. The minimum atomic E-state index is -5.08. The van der Waals surface area contributed by atoms with E-state index in [2.05, 4.69) is 47.9 Å². The Morgan fingerprint density at radius 3 is 1.15 bits per heavy atom. The zero-order chi connectivity index (χ0) is 30.4. The third-order valence-corrected chi connectivity index (χ3v) is 5.96. The van der Waals surface area contributed by atoms with Gasteiger partial charge in [-0.15, -0.1) is 0 Å². The molecule has 1 rings (SSSR count). The smallest absolute Gasteiger partial charge is 0.475 e. The Morgan fingerprint density at radius 2 is 0.829 bits per heavy atom. The molecule has 244 valence electrons. The van der Waals surface area contributed by atoms with Gasteiger partial charge in [-0.2, -0.15) is 13.2 Å². The number of carbonyl (C=O) groups excluding carboxylic acids is 1. The van der Waals surface area contributed by atoms with Gasteiger partial charge in [-0.1, -0.05) is 12.8 Å². The van der Waals surface area contributed by atoms with E-state index < -0.39 is 12.1 Å². The van der Waals surface area contributed by atoms with Crippen molar-refractivity contribution in [1.82, 2.24) is 47.9 Å². The maximum Gasteiger partial charge on any atom is 0.490 e. The van der Waals surface area contributed by atoms with Gasteiger partial charge in [0.05, 0.1) is 6.04 Å². The first kappa shape index (κ1) is 39.4. The average Bonchev–Trinajstić information content (AvgIpc) is 2.92. The molecule has 1 amide bonds. The first-order chi connectivity index (χ1) is 19.7. The van der Waals surface area contributed by atoms with Crippen LogP contribution >= 0.6 is 0 Å². The lowest BCUT2D eigenvalue weighted by atomic mass is 10.2. The monoisotopic (exact) mass is 600 g/mol. The number of primary amides is 1. The van der Waals surface area contributed by atoms with Crippen molar-refractivity contribution >= 4 is 11.9 Å². The fourth-order valence-corrected chi connectivity index (χ4v) is 3.64. The summed E-state index contributed by atoms with van der Waals surface area (Å²) >= 11 is 0. The highest BCUT2D eigenvalue weighted by atomic mass is 19.4. The fourth-order valence-electron chi connectivity index (χ4n) is 3.64.